The van der Waals surface area contributed by atoms with Crippen LogP contribution in [0.1, 0.15) is 35.6 Å². The Morgan fingerprint density at radius 3 is 2.57 bits per heavy atom. The molecule has 3 rings (SSSR count). The van der Waals surface area contributed by atoms with Gasteiger partial charge in [0.1, 0.15) is 22.9 Å². The number of phenols is 1. The highest BCUT2D eigenvalue weighted by molar-refractivity contribution is 6.33. The summed E-state index contributed by atoms with van der Waals surface area (Å²) < 4.78 is 16.1. The van der Waals surface area contributed by atoms with Crippen molar-refractivity contribution in [3.63, 3.8) is 0 Å². The number of aliphatic hydroxyl groups is 1. The summed E-state index contributed by atoms with van der Waals surface area (Å²) in [5, 5.41) is 33.5. The second-order valence-corrected chi connectivity index (χ2v) is 7.27. The van der Waals surface area contributed by atoms with Crippen molar-refractivity contribution in [2.45, 2.75) is 26.4 Å². The third-order valence-corrected chi connectivity index (χ3v) is 4.53. The second kappa shape index (κ2) is 6.92. The highest BCUT2D eigenvalue weighted by atomic mass is 35.5. The fourth-order valence-electron chi connectivity index (χ4n) is 2.84. The molecule has 8 nitrogen and oxygen atoms in total. The van der Waals surface area contributed by atoms with Crippen molar-refractivity contribution < 1.29 is 19.4 Å². The number of aromatic hydroxyl groups is 1. The maximum absolute atomic E-state index is 14.7. The molecule has 0 aliphatic carbocycles. The molecule has 0 aliphatic heterocycles. The number of rotatable bonds is 4. The first-order chi connectivity index (χ1) is 13.0. The molecule has 0 fully saturated rings. The lowest BCUT2D eigenvalue weighted by atomic mass is 10.0. The summed E-state index contributed by atoms with van der Waals surface area (Å²) in [6.07, 6.45) is 0. The van der Waals surface area contributed by atoms with Crippen LogP contribution in [0.5, 0.6) is 5.75 Å². The van der Waals surface area contributed by atoms with E-state index in [2.05, 4.69) is 20.6 Å². The van der Waals surface area contributed by atoms with Gasteiger partial charge in [-0.1, -0.05) is 11.6 Å². The molecule has 0 saturated carbocycles. The Morgan fingerprint density at radius 1 is 1.36 bits per heavy atom. The number of carbonyl (C=O) groups is 1. The number of phenolic OH excluding ortho intramolecular Hbond substituents is 1. The van der Waals surface area contributed by atoms with E-state index in [1.807, 2.05) is 0 Å². The molecule has 4 N–H and O–H groups in total. The summed E-state index contributed by atoms with van der Waals surface area (Å²) in [6, 6.07) is 3.55. The largest absolute Gasteiger partial charge is 0.507 e. The maximum atomic E-state index is 14.7. The Kier molecular flexibility index (Phi) is 4.90. The number of nitrogens with one attached hydrogen (secondary N) is 2. The fourth-order valence-corrected chi connectivity index (χ4v) is 3.07. The van der Waals surface area contributed by atoms with Crippen molar-refractivity contribution in [3.8, 4) is 17.0 Å². The minimum atomic E-state index is -1.18. The standard InChI is InChI=1S/C18H19ClFN5O3/c1-8-15(16(19)23-22-8)21-17(27)10-5-11(20)9(6-13(10)26)12-7-14(18(2,3)28)25(4)24-12/h5-7,26,28H,1-4H3,(H,21,27)(H,22,23). The molecule has 2 heterocycles. The van der Waals surface area contributed by atoms with Gasteiger partial charge in [0.2, 0.25) is 0 Å². The monoisotopic (exact) mass is 407 g/mol. The van der Waals surface area contributed by atoms with Gasteiger partial charge >= 0.3 is 0 Å². The second-order valence-electron chi connectivity index (χ2n) is 6.92. The van der Waals surface area contributed by atoms with Crippen molar-refractivity contribution in [2.24, 2.45) is 7.05 Å². The number of nitrogens with zero attached hydrogens (tertiary/aromatic N) is 3. The van der Waals surface area contributed by atoms with E-state index in [0.29, 0.717) is 11.4 Å². The Balaban J connectivity index is 1.97. The molecular formula is C18H19ClFN5O3. The van der Waals surface area contributed by atoms with Crippen molar-refractivity contribution in [2.75, 3.05) is 5.32 Å². The molecule has 1 aromatic carbocycles. The van der Waals surface area contributed by atoms with E-state index in [1.54, 1.807) is 27.8 Å². The first kappa shape index (κ1) is 19.8. The van der Waals surface area contributed by atoms with Crippen molar-refractivity contribution >= 4 is 23.2 Å². The highest BCUT2D eigenvalue weighted by Crippen LogP contribution is 2.32. The van der Waals surface area contributed by atoms with Gasteiger partial charge in [-0.2, -0.15) is 10.2 Å². The normalized spacial score (nSPS) is 11.7. The Bertz CT molecular complexity index is 1050. The molecule has 0 unspecified atom stereocenters. The van der Waals surface area contributed by atoms with Crippen LogP contribution in [-0.4, -0.2) is 36.1 Å². The molecule has 28 heavy (non-hydrogen) atoms. The number of anilines is 1. The molecule has 0 bridgehead atoms. The van der Waals surface area contributed by atoms with E-state index in [9.17, 15) is 19.4 Å². The molecule has 148 valence electrons. The van der Waals surface area contributed by atoms with Crippen LogP contribution in [0, 0.1) is 12.7 Å². The van der Waals surface area contributed by atoms with Crippen LogP contribution in [0.15, 0.2) is 18.2 Å². The zero-order chi connectivity index (χ0) is 20.8. The predicted molar refractivity (Wildman–Crippen MR) is 102 cm³/mol. The van der Waals surface area contributed by atoms with E-state index in [0.717, 1.165) is 12.1 Å². The van der Waals surface area contributed by atoms with Crippen LogP contribution in [0.4, 0.5) is 10.1 Å². The minimum Gasteiger partial charge on any atom is -0.507 e. The number of hydrogen-bond donors (Lipinski definition) is 4. The molecule has 0 radical (unpaired) electrons. The Labute approximate surface area is 165 Å². The van der Waals surface area contributed by atoms with E-state index >= 15 is 0 Å². The number of aromatic amines is 1. The van der Waals surface area contributed by atoms with Crippen LogP contribution < -0.4 is 5.32 Å². The quantitative estimate of drug-likeness (QED) is 0.530. The van der Waals surface area contributed by atoms with Gasteiger partial charge in [0.25, 0.3) is 5.91 Å². The van der Waals surface area contributed by atoms with E-state index < -0.39 is 23.1 Å². The Hall–Kier alpha value is -2.91. The maximum Gasteiger partial charge on any atom is 0.259 e. The lowest BCUT2D eigenvalue weighted by Crippen LogP contribution is -2.19. The number of halogens is 2. The summed E-state index contributed by atoms with van der Waals surface area (Å²) in [6.45, 7) is 4.81. The topological polar surface area (TPSA) is 116 Å². The number of H-pyrrole nitrogens is 1. The molecule has 0 spiro atoms. The zero-order valence-corrected chi connectivity index (χ0v) is 16.4. The number of aryl methyl sites for hydroxylation is 2. The highest BCUT2D eigenvalue weighted by Gasteiger charge is 2.24. The average molecular weight is 408 g/mol. The summed E-state index contributed by atoms with van der Waals surface area (Å²) >= 11 is 5.88. The molecule has 3 aromatic rings. The van der Waals surface area contributed by atoms with Gasteiger partial charge in [-0.3, -0.25) is 14.6 Å². The number of carbonyl (C=O) groups excluding carboxylic acids is 1. The zero-order valence-electron chi connectivity index (χ0n) is 15.6. The van der Waals surface area contributed by atoms with Gasteiger partial charge in [0, 0.05) is 12.6 Å². The number of hydrogen-bond acceptors (Lipinski definition) is 5. The van der Waals surface area contributed by atoms with Crippen LogP contribution in [0.3, 0.4) is 0 Å². The molecule has 2 aromatic heterocycles. The van der Waals surface area contributed by atoms with Crippen molar-refractivity contribution in [1.82, 2.24) is 20.0 Å². The van der Waals surface area contributed by atoms with Gasteiger partial charge in [-0.05, 0) is 39.0 Å². The first-order valence-electron chi connectivity index (χ1n) is 8.30. The van der Waals surface area contributed by atoms with Crippen molar-refractivity contribution in [3.05, 3.63) is 46.1 Å². The molecule has 1 amide bonds. The molecule has 0 aliphatic rings. The summed E-state index contributed by atoms with van der Waals surface area (Å²) in [7, 11) is 1.62. The third kappa shape index (κ3) is 3.58. The first-order valence-corrected chi connectivity index (χ1v) is 8.68. The fraction of sp³-hybridized carbons (Fsp3) is 0.278. The predicted octanol–water partition coefficient (Wildman–Crippen LogP) is 3.10. The van der Waals surface area contributed by atoms with Gasteiger partial charge in [-0.15, -0.1) is 0 Å². The van der Waals surface area contributed by atoms with Crippen molar-refractivity contribution in [1.29, 1.82) is 0 Å². The van der Waals surface area contributed by atoms with Gasteiger partial charge in [0.05, 0.1) is 22.6 Å². The minimum absolute atomic E-state index is 0.00215. The van der Waals surface area contributed by atoms with Gasteiger partial charge in [0.15, 0.2) is 5.15 Å². The van der Waals surface area contributed by atoms with Gasteiger partial charge in [-0.25, -0.2) is 4.39 Å². The lowest BCUT2D eigenvalue weighted by molar-refractivity contribution is 0.0695. The summed E-state index contributed by atoms with van der Waals surface area (Å²) in [4.78, 5) is 12.4. The molecule has 0 saturated heterocycles. The van der Waals surface area contributed by atoms with E-state index in [-0.39, 0.29) is 27.7 Å². The summed E-state index contributed by atoms with van der Waals surface area (Å²) in [5.41, 5.74) is -0.00615. The number of amides is 1. The van der Waals surface area contributed by atoms with Crippen LogP contribution >= 0.6 is 11.6 Å². The number of aromatic nitrogens is 4. The van der Waals surface area contributed by atoms with Crippen LogP contribution in [0.25, 0.3) is 11.3 Å². The Morgan fingerprint density at radius 2 is 2.04 bits per heavy atom. The molecular weight excluding hydrogens is 389 g/mol. The lowest BCUT2D eigenvalue weighted by Gasteiger charge is -2.16. The summed E-state index contributed by atoms with van der Waals surface area (Å²) in [5.74, 6) is -1.92. The smallest absolute Gasteiger partial charge is 0.259 e. The molecule has 0 atom stereocenters. The average Bonchev–Trinajstić information content (AvgIpc) is 3.13. The van der Waals surface area contributed by atoms with Crippen LogP contribution in [-0.2, 0) is 12.6 Å². The SMILES string of the molecule is Cc1[nH]nc(Cl)c1NC(=O)c1cc(F)c(-c2cc(C(C)(C)O)n(C)n2)cc1O. The molecule has 10 heteroatoms. The van der Waals surface area contributed by atoms with Gasteiger partial charge < -0.3 is 15.5 Å². The third-order valence-electron chi connectivity index (χ3n) is 4.25. The number of benzene rings is 1. The van der Waals surface area contributed by atoms with Crippen LogP contribution in [0.2, 0.25) is 5.15 Å². The van der Waals surface area contributed by atoms with E-state index in [1.165, 1.54) is 10.7 Å². The van der Waals surface area contributed by atoms with E-state index in [4.69, 9.17) is 11.6 Å².